The summed E-state index contributed by atoms with van der Waals surface area (Å²) in [7, 11) is 1.32. The molecule has 0 aliphatic carbocycles. The number of Topliss-reactive ketones (excluding diaryl/α,β-unsaturated/α-hetero) is 1. The molecule has 1 aliphatic heterocycles. The maximum Gasteiger partial charge on any atom is 0.573 e. The second-order valence-corrected chi connectivity index (χ2v) is 8.86. The third-order valence-electron chi connectivity index (χ3n) is 5.26. The first-order valence-corrected chi connectivity index (χ1v) is 11.2. The maximum absolute atomic E-state index is 12.8. The van der Waals surface area contributed by atoms with Gasteiger partial charge in [0.1, 0.15) is 21.9 Å². The fourth-order valence-electron chi connectivity index (χ4n) is 3.83. The molecule has 0 N–H and O–H groups in total. The molecule has 1 saturated heterocycles. The molecule has 1 aliphatic rings. The van der Waals surface area contributed by atoms with Crippen molar-refractivity contribution in [1.29, 1.82) is 0 Å². The number of carbonyl (C=O) groups is 1. The molecular weight excluding hydrogens is 473 g/mol. The molecule has 0 unspecified atom stereocenters. The van der Waals surface area contributed by atoms with Gasteiger partial charge in [-0.05, 0) is 30.0 Å². The predicted octanol–water partition coefficient (Wildman–Crippen LogP) is 3.19. The highest BCUT2D eigenvalue weighted by atomic mass is 32.1. The zero-order valence-corrected chi connectivity index (χ0v) is 18.9. The summed E-state index contributed by atoms with van der Waals surface area (Å²) in [5, 5.41) is 17.6. The highest BCUT2D eigenvalue weighted by Gasteiger charge is 2.32. The van der Waals surface area contributed by atoms with E-state index in [1.54, 1.807) is 6.20 Å². The van der Waals surface area contributed by atoms with Crippen molar-refractivity contribution in [2.24, 2.45) is 5.92 Å². The summed E-state index contributed by atoms with van der Waals surface area (Å²) in [5.41, 5.74) is 0.266. The number of ether oxygens (including phenoxy) is 2. The SMILES string of the molecule is CO[C@@H](C(=O)Cc1nnc(C[C@@H]2CCN(c3nccnn3)C2)s1)c1cccc(OC(F)(F)F)c1. The van der Waals surface area contributed by atoms with Crippen LogP contribution in [0.25, 0.3) is 0 Å². The lowest BCUT2D eigenvalue weighted by Gasteiger charge is -2.16. The molecule has 4 rings (SSSR count). The number of halogens is 3. The molecule has 1 aromatic carbocycles. The number of aromatic nitrogens is 5. The number of benzene rings is 1. The zero-order valence-electron chi connectivity index (χ0n) is 18.1. The number of rotatable bonds is 9. The van der Waals surface area contributed by atoms with E-state index in [1.165, 1.54) is 36.8 Å². The van der Waals surface area contributed by atoms with E-state index < -0.39 is 18.2 Å². The van der Waals surface area contributed by atoms with Crippen LogP contribution in [-0.4, -0.2) is 57.7 Å². The van der Waals surface area contributed by atoms with Gasteiger partial charge in [0.25, 0.3) is 0 Å². The number of ketones is 1. The van der Waals surface area contributed by atoms with Gasteiger partial charge in [-0.1, -0.05) is 12.1 Å². The normalized spacial score (nSPS) is 17.1. The van der Waals surface area contributed by atoms with E-state index >= 15 is 0 Å². The number of hydrogen-bond donors (Lipinski definition) is 0. The third kappa shape index (κ3) is 6.23. The summed E-state index contributed by atoms with van der Waals surface area (Å²) >= 11 is 1.35. The Morgan fingerprint density at radius 2 is 2.06 bits per heavy atom. The Morgan fingerprint density at radius 1 is 1.24 bits per heavy atom. The van der Waals surface area contributed by atoms with Gasteiger partial charge in [0.15, 0.2) is 5.78 Å². The average Bonchev–Trinajstić information content (AvgIpc) is 3.44. The minimum absolute atomic E-state index is 0.0408. The molecule has 0 saturated carbocycles. The first kappa shape index (κ1) is 24.0. The Hall–Kier alpha value is -3.19. The van der Waals surface area contributed by atoms with E-state index in [-0.39, 0.29) is 17.8 Å². The Kier molecular flexibility index (Phi) is 7.32. The van der Waals surface area contributed by atoms with E-state index in [9.17, 15) is 18.0 Å². The largest absolute Gasteiger partial charge is 0.573 e. The topological polar surface area (TPSA) is 103 Å². The number of carbonyl (C=O) groups excluding carboxylic acids is 1. The fraction of sp³-hybridized carbons (Fsp3) is 0.429. The first-order chi connectivity index (χ1) is 16.3. The van der Waals surface area contributed by atoms with Crippen LogP contribution in [0, 0.1) is 5.92 Å². The van der Waals surface area contributed by atoms with Gasteiger partial charge in [-0.2, -0.15) is 5.10 Å². The third-order valence-corrected chi connectivity index (χ3v) is 6.20. The number of nitrogens with zero attached hydrogens (tertiary/aromatic N) is 6. The summed E-state index contributed by atoms with van der Waals surface area (Å²) in [6, 6.07) is 5.19. The maximum atomic E-state index is 12.8. The summed E-state index contributed by atoms with van der Waals surface area (Å²) in [5.74, 6) is 0.197. The van der Waals surface area contributed by atoms with Gasteiger partial charge in [-0.15, -0.1) is 39.8 Å². The molecule has 0 spiro atoms. The van der Waals surface area contributed by atoms with Crippen molar-refractivity contribution >= 4 is 23.1 Å². The van der Waals surface area contributed by atoms with Gasteiger partial charge in [0, 0.05) is 26.6 Å². The molecule has 0 amide bonds. The fourth-order valence-corrected chi connectivity index (χ4v) is 4.79. The Bertz CT molecular complexity index is 1110. The highest BCUT2D eigenvalue weighted by molar-refractivity contribution is 7.11. The van der Waals surface area contributed by atoms with Gasteiger partial charge in [0.05, 0.1) is 18.8 Å². The van der Waals surface area contributed by atoms with E-state index in [0.29, 0.717) is 23.3 Å². The number of methoxy groups -OCH3 is 1. The molecule has 3 aromatic rings. The van der Waals surface area contributed by atoms with Crippen LogP contribution in [0.1, 0.15) is 28.1 Å². The van der Waals surface area contributed by atoms with Crippen LogP contribution in [0.2, 0.25) is 0 Å². The van der Waals surface area contributed by atoms with Gasteiger partial charge < -0.3 is 14.4 Å². The van der Waals surface area contributed by atoms with Crippen molar-refractivity contribution in [2.45, 2.75) is 31.7 Å². The van der Waals surface area contributed by atoms with Crippen LogP contribution in [0.3, 0.4) is 0 Å². The summed E-state index contributed by atoms with van der Waals surface area (Å²) in [6.07, 6.45) is -1.11. The van der Waals surface area contributed by atoms with Crippen molar-refractivity contribution in [3.63, 3.8) is 0 Å². The molecule has 0 radical (unpaired) electrons. The van der Waals surface area contributed by atoms with Crippen LogP contribution in [-0.2, 0) is 22.4 Å². The molecule has 1 fully saturated rings. The number of anilines is 1. The average molecular weight is 494 g/mol. The van der Waals surface area contributed by atoms with Crippen molar-refractivity contribution < 1.29 is 27.4 Å². The molecule has 9 nitrogen and oxygen atoms in total. The Balaban J connectivity index is 1.35. The van der Waals surface area contributed by atoms with Gasteiger partial charge in [0.2, 0.25) is 5.95 Å². The van der Waals surface area contributed by atoms with Crippen molar-refractivity contribution in [3.8, 4) is 5.75 Å². The summed E-state index contributed by atoms with van der Waals surface area (Å²) in [6.45, 7) is 1.61. The van der Waals surface area contributed by atoms with Crippen molar-refractivity contribution in [1.82, 2.24) is 25.4 Å². The Labute approximate surface area is 197 Å². The second kappa shape index (κ2) is 10.4. The lowest BCUT2D eigenvalue weighted by atomic mass is 10.0. The van der Waals surface area contributed by atoms with Crippen LogP contribution < -0.4 is 9.64 Å². The minimum atomic E-state index is -4.82. The molecule has 13 heteroatoms. The monoisotopic (exact) mass is 494 g/mol. The minimum Gasteiger partial charge on any atom is -0.406 e. The lowest BCUT2D eigenvalue weighted by molar-refractivity contribution is -0.274. The number of alkyl halides is 3. The van der Waals surface area contributed by atoms with Crippen LogP contribution >= 0.6 is 11.3 Å². The quantitative estimate of drug-likeness (QED) is 0.444. The molecule has 3 heterocycles. The van der Waals surface area contributed by atoms with Crippen LogP contribution in [0.5, 0.6) is 5.75 Å². The van der Waals surface area contributed by atoms with Crippen LogP contribution in [0.4, 0.5) is 19.1 Å². The standard InChI is InChI=1S/C21H21F3N6O3S/c1-32-19(14-3-2-4-15(10-14)33-21(22,23)24)16(31)11-18-28-27-17(34-18)9-13-5-8-30(12-13)20-25-6-7-26-29-20/h2-4,6-7,10,13,19H,5,8-9,11-12H2,1H3/t13-,19+/m0/s1. The summed E-state index contributed by atoms with van der Waals surface area (Å²) in [4.78, 5) is 19.1. The van der Waals surface area contributed by atoms with Crippen molar-refractivity contribution in [3.05, 3.63) is 52.2 Å². The summed E-state index contributed by atoms with van der Waals surface area (Å²) < 4.78 is 46.7. The van der Waals surface area contributed by atoms with E-state index in [4.69, 9.17) is 4.74 Å². The van der Waals surface area contributed by atoms with E-state index in [2.05, 4.69) is 35.0 Å². The van der Waals surface area contributed by atoms with Gasteiger partial charge in [-0.3, -0.25) is 4.79 Å². The van der Waals surface area contributed by atoms with Gasteiger partial charge in [-0.25, -0.2) is 4.98 Å². The smallest absolute Gasteiger partial charge is 0.406 e. The van der Waals surface area contributed by atoms with Crippen molar-refractivity contribution in [2.75, 3.05) is 25.1 Å². The molecule has 2 aromatic heterocycles. The van der Waals surface area contributed by atoms with E-state index in [0.717, 1.165) is 36.7 Å². The van der Waals surface area contributed by atoms with Gasteiger partial charge >= 0.3 is 6.36 Å². The molecule has 0 bridgehead atoms. The molecule has 34 heavy (non-hydrogen) atoms. The predicted molar refractivity (Wildman–Crippen MR) is 115 cm³/mol. The lowest BCUT2D eigenvalue weighted by Crippen LogP contribution is -2.22. The highest BCUT2D eigenvalue weighted by Crippen LogP contribution is 2.29. The first-order valence-electron chi connectivity index (χ1n) is 10.4. The number of hydrogen-bond acceptors (Lipinski definition) is 10. The molecule has 2 atom stereocenters. The molecular formula is C21H21F3N6O3S. The second-order valence-electron chi connectivity index (χ2n) is 7.72. The van der Waals surface area contributed by atoms with Crippen LogP contribution in [0.15, 0.2) is 36.7 Å². The van der Waals surface area contributed by atoms with E-state index in [1.807, 2.05) is 0 Å². The zero-order chi connectivity index (χ0) is 24.1. The molecule has 180 valence electrons. The Morgan fingerprint density at radius 3 is 2.79 bits per heavy atom.